The molecule has 3 rings (SSSR count). The van der Waals surface area contributed by atoms with Crippen molar-refractivity contribution in [1.29, 1.82) is 0 Å². The predicted molar refractivity (Wildman–Crippen MR) is 87.2 cm³/mol. The van der Waals surface area contributed by atoms with Crippen LogP contribution in [0.4, 0.5) is 5.69 Å². The van der Waals surface area contributed by atoms with Crippen LogP contribution in [0.1, 0.15) is 18.3 Å². The van der Waals surface area contributed by atoms with Crippen molar-refractivity contribution in [3.8, 4) is 0 Å². The molecule has 0 unspecified atom stereocenters. The average Bonchev–Trinajstić information content (AvgIpc) is 3.01. The summed E-state index contributed by atoms with van der Waals surface area (Å²) in [4.78, 5) is 4.29. The number of aryl methyl sites for hydroxylation is 2. The molecule has 0 atom stereocenters. The third-order valence-corrected chi connectivity index (χ3v) is 5.00. The predicted octanol–water partition coefficient (Wildman–Crippen LogP) is 3.97. The van der Waals surface area contributed by atoms with Crippen LogP contribution < -0.4 is 5.32 Å². The number of hydrogen-bond acceptors (Lipinski definition) is 4. The molecule has 0 aliphatic rings. The molecule has 0 amide bonds. The SMILES string of the molecule is CCc1nn(C)c(CNc2ccc3ncsc3c2)c1Br. The molecule has 0 fully saturated rings. The van der Waals surface area contributed by atoms with E-state index in [0.29, 0.717) is 0 Å². The van der Waals surface area contributed by atoms with Crippen LogP contribution in [-0.4, -0.2) is 14.8 Å². The van der Waals surface area contributed by atoms with Crippen molar-refractivity contribution in [1.82, 2.24) is 14.8 Å². The molecule has 6 heteroatoms. The fraction of sp³-hybridized carbons (Fsp3) is 0.286. The van der Waals surface area contributed by atoms with Crippen molar-refractivity contribution in [3.63, 3.8) is 0 Å². The Hall–Kier alpha value is -1.40. The lowest BCUT2D eigenvalue weighted by Crippen LogP contribution is -2.05. The Kier molecular flexibility index (Phi) is 3.76. The lowest BCUT2D eigenvalue weighted by atomic mass is 10.2. The van der Waals surface area contributed by atoms with Gasteiger partial charge in [0, 0.05) is 12.7 Å². The van der Waals surface area contributed by atoms with Crippen LogP contribution in [0.25, 0.3) is 10.2 Å². The monoisotopic (exact) mass is 350 g/mol. The Morgan fingerprint density at radius 1 is 1.40 bits per heavy atom. The van der Waals surface area contributed by atoms with E-state index >= 15 is 0 Å². The van der Waals surface area contributed by atoms with Crippen LogP contribution in [0.5, 0.6) is 0 Å². The number of rotatable bonds is 4. The number of nitrogens with one attached hydrogen (secondary N) is 1. The summed E-state index contributed by atoms with van der Waals surface area (Å²) in [5.74, 6) is 0. The molecule has 0 saturated carbocycles. The molecule has 0 radical (unpaired) electrons. The molecule has 3 aromatic rings. The number of anilines is 1. The van der Waals surface area contributed by atoms with Gasteiger partial charge in [-0.2, -0.15) is 5.10 Å². The summed E-state index contributed by atoms with van der Waals surface area (Å²) in [6, 6.07) is 6.25. The standard InChI is InChI=1S/C14H15BrN4S/c1-3-10-14(15)12(19(2)18-10)7-16-9-4-5-11-13(6-9)20-8-17-11/h4-6,8,16H,3,7H2,1-2H3. The van der Waals surface area contributed by atoms with Gasteiger partial charge in [-0.15, -0.1) is 11.3 Å². The summed E-state index contributed by atoms with van der Waals surface area (Å²) in [6.07, 6.45) is 0.932. The second kappa shape index (κ2) is 5.54. The molecule has 0 saturated heterocycles. The highest BCUT2D eigenvalue weighted by Gasteiger charge is 2.12. The zero-order chi connectivity index (χ0) is 14.1. The van der Waals surface area contributed by atoms with Gasteiger partial charge < -0.3 is 5.32 Å². The lowest BCUT2D eigenvalue weighted by Gasteiger charge is -2.07. The number of aromatic nitrogens is 3. The highest BCUT2D eigenvalue weighted by Crippen LogP contribution is 2.25. The molecule has 0 aliphatic heterocycles. The van der Waals surface area contributed by atoms with Gasteiger partial charge in [-0.3, -0.25) is 4.68 Å². The smallest absolute Gasteiger partial charge is 0.0813 e. The molecular formula is C14H15BrN4S. The van der Waals surface area contributed by atoms with Crippen LogP contribution in [0.3, 0.4) is 0 Å². The summed E-state index contributed by atoms with van der Waals surface area (Å²) in [6.45, 7) is 2.86. The van der Waals surface area contributed by atoms with Crippen LogP contribution in [-0.2, 0) is 20.0 Å². The molecule has 104 valence electrons. The summed E-state index contributed by atoms with van der Waals surface area (Å²) in [7, 11) is 1.98. The van der Waals surface area contributed by atoms with E-state index in [-0.39, 0.29) is 0 Å². The zero-order valence-corrected chi connectivity index (χ0v) is 13.8. The van der Waals surface area contributed by atoms with E-state index in [1.54, 1.807) is 11.3 Å². The van der Waals surface area contributed by atoms with Crippen LogP contribution in [0, 0.1) is 0 Å². The maximum Gasteiger partial charge on any atom is 0.0813 e. The molecule has 0 bridgehead atoms. The van der Waals surface area contributed by atoms with E-state index in [1.807, 2.05) is 23.3 Å². The minimum Gasteiger partial charge on any atom is -0.379 e. The summed E-state index contributed by atoms with van der Waals surface area (Å²) < 4.78 is 4.24. The van der Waals surface area contributed by atoms with E-state index in [0.717, 1.165) is 40.0 Å². The maximum absolute atomic E-state index is 4.50. The quantitative estimate of drug-likeness (QED) is 0.774. The van der Waals surface area contributed by atoms with Gasteiger partial charge in [0.2, 0.25) is 0 Å². The molecule has 1 N–H and O–H groups in total. The fourth-order valence-electron chi connectivity index (χ4n) is 2.16. The second-order valence-electron chi connectivity index (χ2n) is 4.57. The zero-order valence-electron chi connectivity index (χ0n) is 11.4. The normalized spacial score (nSPS) is 11.2. The summed E-state index contributed by atoms with van der Waals surface area (Å²) in [5.41, 5.74) is 6.29. The van der Waals surface area contributed by atoms with E-state index in [4.69, 9.17) is 0 Å². The van der Waals surface area contributed by atoms with Crippen LogP contribution in [0.15, 0.2) is 28.2 Å². The molecule has 0 aliphatic carbocycles. The molecule has 20 heavy (non-hydrogen) atoms. The van der Waals surface area contributed by atoms with Crippen molar-refractivity contribution >= 4 is 43.2 Å². The van der Waals surface area contributed by atoms with Gasteiger partial charge in [-0.1, -0.05) is 6.92 Å². The third kappa shape index (κ3) is 2.45. The van der Waals surface area contributed by atoms with Gasteiger partial charge in [0.05, 0.1) is 38.1 Å². The Morgan fingerprint density at radius 3 is 3.00 bits per heavy atom. The van der Waals surface area contributed by atoms with Crippen molar-refractivity contribution in [2.24, 2.45) is 7.05 Å². The molecule has 2 aromatic heterocycles. The van der Waals surface area contributed by atoms with E-state index in [9.17, 15) is 0 Å². The summed E-state index contributed by atoms with van der Waals surface area (Å²) >= 11 is 5.30. The van der Waals surface area contributed by atoms with Gasteiger partial charge in [0.25, 0.3) is 0 Å². The Balaban J connectivity index is 1.80. The number of fused-ring (bicyclic) bond motifs is 1. The molecule has 4 nitrogen and oxygen atoms in total. The first-order valence-electron chi connectivity index (χ1n) is 6.46. The molecule has 1 aromatic carbocycles. The van der Waals surface area contributed by atoms with Crippen molar-refractivity contribution in [2.75, 3.05) is 5.32 Å². The van der Waals surface area contributed by atoms with Gasteiger partial charge >= 0.3 is 0 Å². The highest BCUT2D eigenvalue weighted by atomic mass is 79.9. The first-order valence-corrected chi connectivity index (χ1v) is 8.13. The Morgan fingerprint density at radius 2 is 2.25 bits per heavy atom. The first kappa shape index (κ1) is 13.6. The van der Waals surface area contributed by atoms with Crippen molar-refractivity contribution < 1.29 is 0 Å². The Labute approximate surface area is 130 Å². The third-order valence-electron chi connectivity index (χ3n) is 3.29. The van der Waals surface area contributed by atoms with Gasteiger partial charge in [0.1, 0.15) is 0 Å². The molecule has 2 heterocycles. The van der Waals surface area contributed by atoms with Gasteiger partial charge in [-0.05, 0) is 40.5 Å². The first-order chi connectivity index (χ1) is 9.69. The topological polar surface area (TPSA) is 42.7 Å². The summed E-state index contributed by atoms with van der Waals surface area (Å²) in [5, 5.41) is 7.95. The van der Waals surface area contributed by atoms with Crippen LogP contribution >= 0.6 is 27.3 Å². The minimum absolute atomic E-state index is 0.744. The number of benzene rings is 1. The Bertz CT molecular complexity index is 747. The van der Waals surface area contributed by atoms with Crippen LogP contribution in [0.2, 0.25) is 0 Å². The maximum atomic E-state index is 4.50. The number of thiazole rings is 1. The molecular weight excluding hydrogens is 336 g/mol. The highest BCUT2D eigenvalue weighted by molar-refractivity contribution is 9.10. The number of halogens is 1. The van der Waals surface area contributed by atoms with E-state index in [2.05, 4.69) is 50.4 Å². The van der Waals surface area contributed by atoms with E-state index < -0.39 is 0 Å². The fourth-order valence-corrected chi connectivity index (χ4v) is 3.64. The second-order valence-corrected chi connectivity index (χ2v) is 6.25. The van der Waals surface area contributed by atoms with Gasteiger partial charge in [0.15, 0.2) is 0 Å². The van der Waals surface area contributed by atoms with E-state index in [1.165, 1.54) is 4.70 Å². The van der Waals surface area contributed by atoms with Gasteiger partial charge in [-0.25, -0.2) is 4.98 Å². The largest absolute Gasteiger partial charge is 0.379 e. The number of hydrogen-bond donors (Lipinski definition) is 1. The average molecular weight is 351 g/mol. The lowest BCUT2D eigenvalue weighted by molar-refractivity contribution is 0.706. The van der Waals surface area contributed by atoms with Crippen molar-refractivity contribution in [3.05, 3.63) is 39.6 Å². The molecule has 0 spiro atoms. The number of nitrogens with zero attached hydrogens (tertiary/aromatic N) is 3. The van der Waals surface area contributed by atoms with Crippen molar-refractivity contribution in [2.45, 2.75) is 19.9 Å². The minimum atomic E-state index is 0.744.